The van der Waals surface area contributed by atoms with E-state index in [4.69, 9.17) is 14.2 Å². The molecule has 3 fully saturated rings. The van der Waals surface area contributed by atoms with Crippen LogP contribution in [0.15, 0.2) is 29.8 Å². The second kappa shape index (κ2) is 5.33. The summed E-state index contributed by atoms with van der Waals surface area (Å²) in [4.78, 5) is 26.1. The molecule has 5 aliphatic rings. The van der Waals surface area contributed by atoms with Gasteiger partial charge in [0.05, 0.1) is 6.61 Å². The second-order valence-corrected chi connectivity index (χ2v) is 9.88. The highest BCUT2D eigenvalue weighted by Crippen LogP contribution is 2.54. The molecule has 158 valence electrons. The maximum atomic E-state index is 13.1. The molecule has 0 bridgehead atoms. The van der Waals surface area contributed by atoms with Gasteiger partial charge >= 0.3 is 0 Å². The van der Waals surface area contributed by atoms with Crippen molar-refractivity contribution in [3.05, 3.63) is 57.7 Å². The van der Waals surface area contributed by atoms with E-state index in [1.165, 1.54) is 0 Å². The van der Waals surface area contributed by atoms with Crippen molar-refractivity contribution in [2.45, 2.75) is 62.8 Å². The minimum Gasteiger partial charge on any atom is -0.385 e. The van der Waals surface area contributed by atoms with Crippen molar-refractivity contribution in [1.82, 2.24) is 0 Å². The van der Waals surface area contributed by atoms with E-state index in [2.05, 4.69) is 0 Å². The second-order valence-electron chi connectivity index (χ2n) is 9.88. The zero-order chi connectivity index (χ0) is 21.4. The molecule has 0 saturated carbocycles. The van der Waals surface area contributed by atoms with E-state index < -0.39 is 23.4 Å². The number of hydrogen-bond acceptors (Lipinski definition) is 6. The Morgan fingerprint density at radius 3 is 2.65 bits per heavy atom. The van der Waals surface area contributed by atoms with Crippen LogP contribution in [-0.2, 0) is 20.6 Å². The van der Waals surface area contributed by atoms with Crippen molar-refractivity contribution in [3.8, 4) is 0 Å². The van der Waals surface area contributed by atoms with E-state index in [1.807, 2.05) is 32.0 Å². The zero-order valence-corrected chi connectivity index (χ0v) is 17.5. The molecule has 2 aromatic carbocycles. The van der Waals surface area contributed by atoms with Crippen LogP contribution in [0, 0.1) is 6.92 Å². The van der Waals surface area contributed by atoms with Gasteiger partial charge in [0.1, 0.15) is 29.5 Å². The third-order valence-corrected chi connectivity index (χ3v) is 7.90. The Bertz CT molecular complexity index is 1290. The van der Waals surface area contributed by atoms with Gasteiger partial charge in [0.2, 0.25) is 0 Å². The number of aryl methyl sites for hydroxylation is 1. The maximum absolute atomic E-state index is 13.1. The molecule has 31 heavy (non-hydrogen) atoms. The largest absolute Gasteiger partial charge is 0.385 e. The molecule has 1 N–H and O–H groups in total. The Kier molecular flexibility index (Phi) is 3.13. The number of benzene rings is 2. The van der Waals surface area contributed by atoms with E-state index in [-0.39, 0.29) is 23.8 Å². The van der Waals surface area contributed by atoms with Crippen LogP contribution in [0.5, 0.6) is 0 Å². The van der Waals surface area contributed by atoms with Gasteiger partial charge in [-0.1, -0.05) is 6.07 Å². The minimum atomic E-state index is -0.846. The fourth-order valence-electron chi connectivity index (χ4n) is 5.79. The summed E-state index contributed by atoms with van der Waals surface area (Å²) in [5.74, 6) is -0.120. The number of epoxide rings is 3. The van der Waals surface area contributed by atoms with Gasteiger partial charge in [-0.05, 0) is 78.4 Å². The number of allylic oxidation sites excluding steroid dienone is 1. The predicted octanol–water partition coefficient (Wildman–Crippen LogP) is 2.76. The van der Waals surface area contributed by atoms with Crippen LogP contribution in [0.1, 0.15) is 57.4 Å². The average Bonchev–Trinajstić information content (AvgIpc) is 3.60. The quantitative estimate of drug-likeness (QED) is 0.754. The maximum Gasteiger partial charge on any atom is 0.195 e. The lowest BCUT2D eigenvalue weighted by Gasteiger charge is -2.26. The van der Waals surface area contributed by atoms with Crippen molar-refractivity contribution in [3.63, 3.8) is 0 Å². The first kappa shape index (κ1) is 18.2. The predicted molar refractivity (Wildman–Crippen MR) is 110 cm³/mol. The summed E-state index contributed by atoms with van der Waals surface area (Å²) < 4.78 is 16.9. The Labute approximate surface area is 178 Å². The van der Waals surface area contributed by atoms with E-state index in [0.717, 1.165) is 27.5 Å². The molecule has 0 aromatic heterocycles. The molecule has 2 aromatic rings. The first-order valence-corrected chi connectivity index (χ1v) is 10.8. The molecule has 6 nitrogen and oxygen atoms in total. The van der Waals surface area contributed by atoms with Crippen LogP contribution in [0.3, 0.4) is 0 Å². The number of carbonyl (C=O) groups excluding carboxylic acids is 2. The van der Waals surface area contributed by atoms with Crippen molar-refractivity contribution in [2.24, 2.45) is 0 Å². The molecular formula is C25H22O6. The molecule has 6 heteroatoms. The number of aliphatic hydroxyl groups excluding tert-OH is 1. The average molecular weight is 418 g/mol. The normalized spacial score (nSPS) is 39.5. The molecule has 0 spiro atoms. The van der Waals surface area contributed by atoms with Crippen LogP contribution in [0.2, 0.25) is 0 Å². The van der Waals surface area contributed by atoms with Gasteiger partial charge in [-0.25, -0.2) is 0 Å². The fourth-order valence-corrected chi connectivity index (χ4v) is 5.79. The molecular weight excluding hydrogens is 396 g/mol. The lowest BCUT2D eigenvalue weighted by Crippen LogP contribution is -2.32. The SMILES string of the molecule is Cc1cc2cc3c(cc2c2c1C(=O)C=C(C1(C)OC1C1CO1)C2)C(=O)C1OC1(C)C3O. The molecule has 2 aliphatic carbocycles. The van der Waals surface area contributed by atoms with E-state index in [0.29, 0.717) is 29.7 Å². The molecule has 0 radical (unpaired) electrons. The third-order valence-electron chi connectivity index (χ3n) is 7.90. The highest BCUT2D eigenvalue weighted by atomic mass is 16.7. The summed E-state index contributed by atoms with van der Waals surface area (Å²) >= 11 is 0. The number of fused-ring (bicyclic) bond motifs is 5. The van der Waals surface area contributed by atoms with E-state index in [1.54, 1.807) is 13.0 Å². The Morgan fingerprint density at radius 1 is 1.13 bits per heavy atom. The van der Waals surface area contributed by atoms with Crippen LogP contribution in [-0.4, -0.2) is 52.8 Å². The molecule has 7 rings (SSSR count). The lowest BCUT2D eigenvalue weighted by atomic mass is 9.76. The highest BCUT2D eigenvalue weighted by molar-refractivity contribution is 6.14. The van der Waals surface area contributed by atoms with Crippen LogP contribution < -0.4 is 0 Å². The molecule has 3 saturated heterocycles. The summed E-state index contributed by atoms with van der Waals surface area (Å²) in [5.41, 5.74) is 3.28. The van der Waals surface area contributed by atoms with Crippen molar-refractivity contribution in [2.75, 3.05) is 6.61 Å². The van der Waals surface area contributed by atoms with Gasteiger partial charge in [-0.3, -0.25) is 9.59 Å². The fraction of sp³-hybridized carbons (Fsp3) is 0.440. The minimum absolute atomic E-state index is 0.00153. The Balaban J connectivity index is 1.40. The van der Waals surface area contributed by atoms with E-state index >= 15 is 0 Å². The molecule has 3 aliphatic heterocycles. The number of ketones is 2. The van der Waals surface area contributed by atoms with E-state index in [9.17, 15) is 14.7 Å². The van der Waals surface area contributed by atoms with Gasteiger partial charge in [0.15, 0.2) is 17.7 Å². The van der Waals surface area contributed by atoms with Crippen LogP contribution >= 0.6 is 0 Å². The molecule has 3 heterocycles. The number of ether oxygens (including phenoxy) is 3. The number of rotatable bonds is 2. The summed E-state index contributed by atoms with van der Waals surface area (Å²) in [6.45, 7) is 6.44. The van der Waals surface area contributed by atoms with Gasteiger partial charge in [0, 0.05) is 11.1 Å². The number of hydrogen-bond donors (Lipinski definition) is 1. The zero-order valence-electron chi connectivity index (χ0n) is 17.5. The standard InChI is InChI=1S/C25H22O6/c1-10-4-11-5-16-15(20(27)23-25(3,31-23)21(16)28)8-13(11)14-6-12(7-17(26)19(10)14)24(2)22(30-24)18-9-29-18/h4-5,7-8,18,21-23,28H,6,9H2,1-3H3. The summed E-state index contributed by atoms with van der Waals surface area (Å²) in [6, 6.07) is 5.71. The van der Waals surface area contributed by atoms with Crippen molar-refractivity contribution >= 4 is 22.3 Å². The topological polar surface area (TPSA) is 92.0 Å². The monoisotopic (exact) mass is 418 g/mol. The van der Waals surface area contributed by atoms with Gasteiger partial charge in [-0.2, -0.15) is 0 Å². The molecule has 6 atom stereocenters. The van der Waals surface area contributed by atoms with Gasteiger partial charge < -0.3 is 19.3 Å². The summed E-state index contributed by atoms with van der Waals surface area (Å²) in [5, 5.41) is 12.6. The Morgan fingerprint density at radius 2 is 1.90 bits per heavy atom. The first-order chi connectivity index (χ1) is 14.7. The third kappa shape index (κ3) is 2.21. The lowest BCUT2D eigenvalue weighted by molar-refractivity contribution is 0.0812. The molecule has 0 amide bonds. The smallest absolute Gasteiger partial charge is 0.195 e. The number of carbonyl (C=O) groups is 2. The Hall–Kier alpha value is -2.38. The highest BCUT2D eigenvalue weighted by Gasteiger charge is 2.65. The van der Waals surface area contributed by atoms with Crippen LogP contribution in [0.25, 0.3) is 10.8 Å². The van der Waals surface area contributed by atoms with Gasteiger partial charge in [0.25, 0.3) is 0 Å². The summed E-state index contributed by atoms with van der Waals surface area (Å²) in [7, 11) is 0. The van der Waals surface area contributed by atoms with Gasteiger partial charge in [-0.15, -0.1) is 0 Å². The van der Waals surface area contributed by atoms with Crippen molar-refractivity contribution in [1.29, 1.82) is 0 Å². The first-order valence-electron chi connectivity index (χ1n) is 10.8. The van der Waals surface area contributed by atoms with Crippen LogP contribution in [0.4, 0.5) is 0 Å². The summed E-state index contributed by atoms with van der Waals surface area (Å²) in [6.07, 6.45) is 0.992. The van der Waals surface area contributed by atoms with Crippen molar-refractivity contribution < 1.29 is 28.9 Å². The number of aliphatic hydroxyl groups is 1. The number of Topliss-reactive ketones (excluding diaryl/α,β-unsaturated/α-hetero) is 1. The molecule has 6 unspecified atom stereocenters.